The number of imide groups is 1. The molecular formula is C28H30N6O3S. The van der Waals surface area contributed by atoms with Gasteiger partial charge in [0, 0.05) is 30.1 Å². The molecule has 0 aliphatic carbocycles. The minimum absolute atomic E-state index is 0.0917. The number of amides is 2. The first kappa shape index (κ1) is 24.6. The molecule has 4 aromatic rings. The average Bonchev–Trinajstić information content (AvgIpc) is 3.69. The van der Waals surface area contributed by atoms with Crippen LogP contribution in [-0.2, 0) is 6.42 Å². The van der Waals surface area contributed by atoms with Crippen LogP contribution in [0.3, 0.4) is 0 Å². The zero-order chi connectivity index (χ0) is 26.2. The van der Waals surface area contributed by atoms with Crippen molar-refractivity contribution in [2.45, 2.75) is 38.6 Å². The Balaban J connectivity index is 1.24. The van der Waals surface area contributed by atoms with Gasteiger partial charge in [0.15, 0.2) is 0 Å². The Labute approximate surface area is 223 Å². The normalized spacial score (nSPS) is 16.5. The second kappa shape index (κ2) is 10.2. The fourth-order valence-electron chi connectivity index (χ4n) is 5.45. The number of likely N-dealkylation sites (tertiary alicyclic amines) is 1. The maximum atomic E-state index is 13.1. The third kappa shape index (κ3) is 4.65. The molecule has 1 aromatic carbocycles. The van der Waals surface area contributed by atoms with Gasteiger partial charge in [-0.3, -0.25) is 19.3 Å². The van der Waals surface area contributed by atoms with E-state index in [0.29, 0.717) is 45.8 Å². The van der Waals surface area contributed by atoms with Gasteiger partial charge in [-0.15, -0.1) is 11.3 Å². The molecule has 1 saturated heterocycles. The number of aromatic nitrogens is 3. The number of nitrogens with zero attached hydrogens (tertiary/aromatic N) is 3. The van der Waals surface area contributed by atoms with Crippen LogP contribution >= 0.6 is 11.3 Å². The molecule has 6 rings (SSSR count). The zero-order valence-corrected chi connectivity index (χ0v) is 22.1. The van der Waals surface area contributed by atoms with Gasteiger partial charge >= 0.3 is 0 Å². The van der Waals surface area contributed by atoms with Gasteiger partial charge in [-0.1, -0.05) is 6.07 Å². The summed E-state index contributed by atoms with van der Waals surface area (Å²) >= 11 is 1.70. The lowest BCUT2D eigenvalue weighted by Gasteiger charge is -2.17. The molecule has 5 heterocycles. The maximum absolute atomic E-state index is 13.1. The number of thiophene rings is 1. The van der Waals surface area contributed by atoms with E-state index in [-0.39, 0.29) is 23.4 Å². The summed E-state index contributed by atoms with van der Waals surface area (Å²) in [4.78, 5) is 54.7. The van der Waals surface area contributed by atoms with E-state index in [2.05, 4.69) is 43.5 Å². The third-order valence-electron chi connectivity index (χ3n) is 7.31. The summed E-state index contributed by atoms with van der Waals surface area (Å²) in [6.07, 6.45) is 5.64. The van der Waals surface area contributed by atoms with Crippen molar-refractivity contribution in [3.63, 3.8) is 0 Å². The Morgan fingerprint density at radius 2 is 1.87 bits per heavy atom. The van der Waals surface area contributed by atoms with Gasteiger partial charge in [-0.25, -0.2) is 4.98 Å². The van der Waals surface area contributed by atoms with Gasteiger partial charge in [-0.05, 0) is 75.5 Å². The third-order valence-corrected chi connectivity index (χ3v) is 8.21. The first-order valence-electron chi connectivity index (χ1n) is 13.1. The molecular weight excluding hydrogens is 500 g/mol. The summed E-state index contributed by atoms with van der Waals surface area (Å²) < 4.78 is 0. The van der Waals surface area contributed by atoms with Crippen molar-refractivity contribution in [3.8, 4) is 11.4 Å². The number of hydrogen-bond donors (Lipinski definition) is 3. The fraction of sp³-hybridized carbons (Fsp3) is 0.357. The number of imidazole rings is 1. The number of pyridine rings is 1. The Kier molecular flexibility index (Phi) is 6.59. The number of carbonyl (C=O) groups is 2. The molecule has 0 unspecified atom stereocenters. The Morgan fingerprint density at radius 1 is 1.08 bits per heavy atom. The van der Waals surface area contributed by atoms with Crippen LogP contribution in [0.25, 0.3) is 22.4 Å². The molecule has 196 valence electrons. The first-order valence-corrected chi connectivity index (χ1v) is 14.0. The van der Waals surface area contributed by atoms with Crippen molar-refractivity contribution in [1.29, 1.82) is 0 Å². The molecule has 0 spiro atoms. The van der Waals surface area contributed by atoms with Gasteiger partial charge in [0.05, 0.1) is 27.8 Å². The summed E-state index contributed by atoms with van der Waals surface area (Å²) in [5.41, 5.74) is 2.68. The molecule has 1 atom stereocenters. The van der Waals surface area contributed by atoms with E-state index < -0.39 is 0 Å². The van der Waals surface area contributed by atoms with E-state index >= 15 is 0 Å². The summed E-state index contributed by atoms with van der Waals surface area (Å²) in [5.74, 6) is -0.161. The van der Waals surface area contributed by atoms with E-state index in [0.717, 1.165) is 32.5 Å². The number of nitrogens with one attached hydrogen (secondary N) is 3. The number of carbonyl (C=O) groups excluding carboxylic acids is 2. The lowest BCUT2D eigenvalue weighted by atomic mass is 10.1. The van der Waals surface area contributed by atoms with E-state index in [1.54, 1.807) is 29.7 Å². The standard InChI is InChI=1S/C28H30N6O3S/c1-17(14-18-6-4-13-38-18)30-21-7-8-29-26(35)24(21)25-31-22-15-19-20(16-23(22)32-25)28(37)34(27(19)36)12-5-11-33-9-2-3-10-33/h4,6-8,13,15-17H,2-3,5,9-12,14H2,1H3,(H,31,32)(H2,29,30,35)/t17-/m0/s1. The van der Waals surface area contributed by atoms with Crippen molar-refractivity contribution < 1.29 is 9.59 Å². The quantitative estimate of drug-likeness (QED) is 0.281. The van der Waals surface area contributed by atoms with E-state index in [1.165, 1.54) is 22.6 Å². The molecule has 0 bridgehead atoms. The highest BCUT2D eigenvalue weighted by Crippen LogP contribution is 2.30. The van der Waals surface area contributed by atoms with Gasteiger partial charge in [0.2, 0.25) is 0 Å². The summed E-state index contributed by atoms with van der Waals surface area (Å²) in [6.45, 7) is 5.56. The van der Waals surface area contributed by atoms with Crippen LogP contribution in [0.5, 0.6) is 0 Å². The number of anilines is 1. The Morgan fingerprint density at radius 3 is 2.63 bits per heavy atom. The van der Waals surface area contributed by atoms with Crippen molar-refractivity contribution in [1.82, 2.24) is 24.8 Å². The number of aromatic amines is 2. The molecule has 0 saturated carbocycles. The van der Waals surface area contributed by atoms with Crippen molar-refractivity contribution in [2.24, 2.45) is 0 Å². The minimum Gasteiger partial charge on any atom is -0.381 e. The van der Waals surface area contributed by atoms with Crippen LogP contribution in [0.2, 0.25) is 0 Å². The highest BCUT2D eigenvalue weighted by Gasteiger charge is 2.36. The molecule has 38 heavy (non-hydrogen) atoms. The number of fused-ring (bicyclic) bond motifs is 2. The molecule has 3 N–H and O–H groups in total. The molecule has 3 aromatic heterocycles. The van der Waals surface area contributed by atoms with Gasteiger partial charge < -0.3 is 20.2 Å². The lowest BCUT2D eigenvalue weighted by Crippen LogP contribution is -2.33. The van der Waals surface area contributed by atoms with Crippen LogP contribution in [-0.4, -0.2) is 68.8 Å². The molecule has 10 heteroatoms. The minimum atomic E-state index is -0.278. The first-order chi connectivity index (χ1) is 18.5. The van der Waals surface area contributed by atoms with Crippen molar-refractivity contribution >= 4 is 39.9 Å². The average molecular weight is 531 g/mol. The van der Waals surface area contributed by atoms with Crippen LogP contribution in [0.1, 0.15) is 51.8 Å². The number of H-pyrrole nitrogens is 2. The zero-order valence-electron chi connectivity index (χ0n) is 21.3. The highest BCUT2D eigenvalue weighted by atomic mass is 32.1. The predicted molar refractivity (Wildman–Crippen MR) is 149 cm³/mol. The summed E-state index contributed by atoms with van der Waals surface area (Å²) in [6, 6.07) is 9.38. The molecule has 2 aliphatic rings. The van der Waals surface area contributed by atoms with Crippen molar-refractivity contribution in [3.05, 3.63) is 68.3 Å². The van der Waals surface area contributed by atoms with Gasteiger partial charge in [0.25, 0.3) is 17.4 Å². The Hall–Kier alpha value is -3.76. The Bertz CT molecular complexity index is 1500. The van der Waals surface area contributed by atoms with E-state index in [1.807, 2.05) is 12.1 Å². The molecule has 2 amide bonds. The number of hydrogen-bond acceptors (Lipinski definition) is 7. The largest absolute Gasteiger partial charge is 0.381 e. The topological polar surface area (TPSA) is 114 Å². The lowest BCUT2D eigenvalue weighted by molar-refractivity contribution is 0.0648. The molecule has 9 nitrogen and oxygen atoms in total. The molecule has 2 aliphatic heterocycles. The summed E-state index contributed by atoms with van der Waals surface area (Å²) in [7, 11) is 0. The fourth-order valence-corrected chi connectivity index (χ4v) is 6.29. The van der Waals surface area contributed by atoms with Crippen LogP contribution in [0.4, 0.5) is 5.69 Å². The molecule has 0 radical (unpaired) electrons. The second-order valence-electron chi connectivity index (χ2n) is 10.1. The number of benzene rings is 1. The highest BCUT2D eigenvalue weighted by molar-refractivity contribution is 7.09. The van der Waals surface area contributed by atoms with Crippen LogP contribution in [0, 0.1) is 0 Å². The summed E-state index contributed by atoms with van der Waals surface area (Å²) in [5, 5.41) is 5.50. The van der Waals surface area contributed by atoms with Crippen molar-refractivity contribution in [2.75, 3.05) is 31.5 Å². The van der Waals surface area contributed by atoms with Crippen LogP contribution in [0.15, 0.2) is 46.7 Å². The predicted octanol–water partition coefficient (Wildman–Crippen LogP) is 4.10. The van der Waals surface area contributed by atoms with E-state index in [9.17, 15) is 14.4 Å². The van der Waals surface area contributed by atoms with Crippen LogP contribution < -0.4 is 10.9 Å². The number of rotatable bonds is 9. The van der Waals surface area contributed by atoms with Gasteiger partial charge in [-0.2, -0.15) is 0 Å². The monoisotopic (exact) mass is 530 g/mol. The van der Waals surface area contributed by atoms with Gasteiger partial charge in [0.1, 0.15) is 11.4 Å². The SMILES string of the molecule is C[C@@H](Cc1cccs1)Nc1cc[nH]c(=O)c1-c1nc2cc3c(cc2[nH]1)C(=O)N(CCCN1CCCC1)C3=O. The molecule has 1 fully saturated rings. The smallest absolute Gasteiger partial charge is 0.261 e. The second-order valence-corrected chi connectivity index (χ2v) is 11.1. The maximum Gasteiger partial charge on any atom is 0.261 e. The van der Waals surface area contributed by atoms with E-state index in [4.69, 9.17) is 0 Å².